The van der Waals surface area contributed by atoms with Gasteiger partial charge >= 0.3 is 0 Å². The molecule has 0 atom stereocenters. The minimum absolute atomic E-state index is 0.106. The molecule has 0 N–H and O–H groups in total. The summed E-state index contributed by atoms with van der Waals surface area (Å²) in [4.78, 5) is 17.7. The van der Waals surface area contributed by atoms with Crippen LogP contribution in [0, 0.1) is 0 Å². The highest BCUT2D eigenvalue weighted by atomic mass is 35.5. The van der Waals surface area contributed by atoms with E-state index in [4.69, 9.17) is 20.9 Å². The summed E-state index contributed by atoms with van der Waals surface area (Å²) < 4.78 is 11.3. The van der Waals surface area contributed by atoms with Gasteiger partial charge in [-0.15, -0.1) is 0 Å². The van der Waals surface area contributed by atoms with Crippen molar-refractivity contribution in [3.8, 4) is 0 Å². The van der Waals surface area contributed by atoms with Gasteiger partial charge in [0.15, 0.2) is 5.82 Å². The Kier molecular flexibility index (Phi) is 4.92. The largest absolute Gasteiger partial charge is 0.384 e. The van der Waals surface area contributed by atoms with Crippen molar-refractivity contribution in [1.82, 2.24) is 19.9 Å². The zero-order chi connectivity index (χ0) is 15.4. The maximum absolute atomic E-state index is 11.7. The fourth-order valence-electron chi connectivity index (χ4n) is 1.71. The number of halogens is 1. The third-order valence-corrected chi connectivity index (χ3v) is 3.24. The van der Waals surface area contributed by atoms with E-state index in [0.29, 0.717) is 37.0 Å². The summed E-state index contributed by atoms with van der Waals surface area (Å²) in [5.74, 6) is 1.01. The molecule has 2 aromatic heterocycles. The highest BCUT2D eigenvalue weighted by Crippen LogP contribution is 2.20. The molecule has 2 heterocycles. The van der Waals surface area contributed by atoms with Crippen molar-refractivity contribution in [1.29, 1.82) is 0 Å². The quantitative estimate of drug-likeness (QED) is 0.773. The second-order valence-corrected chi connectivity index (χ2v) is 4.85. The van der Waals surface area contributed by atoms with Crippen LogP contribution in [0.2, 0.25) is 5.02 Å². The second kappa shape index (κ2) is 6.68. The maximum Gasteiger partial charge on any atom is 0.287 e. The Hall–Kier alpha value is -1.93. The highest BCUT2D eigenvalue weighted by molar-refractivity contribution is 6.32. The number of hydrogen-bond acceptors (Lipinski definition) is 7. The molecule has 114 valence electrons. The lowest BCUT2D eigenvalue weighted by molar-refractivity contribution is 0.199. The predicted molar refractivity (Wildman–Crippen MR) is 76.5 cm³/mol. The zero-order valence-electron chi connectivity index (χ0n) is 12.0. The normalized spacial score (nSPS) is 10.9. The van der Waals surface area contributed by atoms with Gasteiger partial charge in [-0.3, -0.25) is 4.79 Å². The molecule has 2 aromatic rings. The summed E-state index contributed by atoms with van der Waals surface area (Å²) in [7, 11) is 4.92. The molecule has 9 heteroatoms. The van der Waals surface area contributed by atoms with E-state index >= 15 is 0 Å². The molecule has 0 bridgehead atoms. The van der Waals surface area contributed by atoms with Crippen molar-refractivity contribution in [3.05, 3.63) is 33.3 Å². The number of anilines is 1. The molecule has 0 aromatic carbocycles. The van der Waals surface area contributed by atoms with E-state index in [-0.39, 0.29) is 10.6 Å². The molecular formula is C12H16ClN5O3. The summed E-state index contributed by atoms with van der Waals surface area (Å²) in [6.45, 7) is 0.855. The Morgan fingerprint density at radius 1 is 1.52 bits per heavy atom. The monoisotopic (exact) mass is 313 g/mol. The average Bonchev–Trinajstić information content (AvgIpc) is 2.90. The number of aryl methyl sites for hydroxylation is 1. The summed E-state index contributed by atoms with van der Waals surface area (Å²) in [6, 6.07) is 0. The summed E-state index contributed by atoms with van der Waals surface area (Å²) >= 11 is 6.04. The molecule has 2 rings (SSSR count). The van der Waals surface area contributed by atoms with Gasteiger partial charge in [-0.1, -0.05) is 16.8 Å². The van der Waals surface area contributed by atoms with E-state index in [1.54, 1.807) is 19.1 Å². The molecular weight excluding hydrogens is 298 g/mol. The minimum Gasteiger partial charge on any atom is -0.384 e. The molecule has 0 amide bonds. The summed E-state index contributed by atoms with van der Waals surface area (Å²) in [5.41, 5.74) is 0.156. The van der Waals surface area contributed by atoms with Gasteiger partial charge in [0.25, 0.3) is 5.56 Å². The van der Waals surface area contributed by atoms with E-state index in [0.717, 1.165) is 0 Å². The fourth-order valence-corrected chi connectivity index (χ4v) is 2.02. The molecule has 0 saturated carbocycles. The van der Waals surface area contributed by atoms with Crippen LogP contribution in [0.25, 0.3) is 0 Å². The van der Waals surface area contributed by atoms with E-state index in [2.05, 4.69) is 15.2 Å². The number of aromatic nitrogens is 4. The van der Waals surface area contributed by atoms with Crippen molar-refractivity contribution >= 4 is 17.3 Å². The summed E-state index contributed by atoms with van der Waals surface area (Å²) in [5, 5.41) is 7.90. The highest BCUT2D eigenvalue weighted by Gasteiger charge is 2.15. The van der Waals surface area contributed by atoms with Crippen LogP contribution >= 0.6 is 11.6 Å². The van der Waals surface area contributed by atoms with Crippen molar-refractivity contribution in [2.75, 3.05) is 25.7 Å². The van der Waals surface area contributed by atoms with Gasteiger partial charge in [0.1, 0.15) is 5.02 Å². The van der Waals surface area contributed by atoms with E-state index in [1.165, 1.54) is 17.9 Å². The Bertz CT molecular complexity index is 669. The van der Waals surface area contributed by atoms with Crippen LogP contribution in [0.1, 0.15) is 11.7 Å². The van der Waals surface area contributed by atoms with E-state index < -0.39 is 0 Å². The number of methoxy groups -OCH3 is 1. The maximum atomic E-state index is 11.7. The van der Waals surface area contributed by atoms with Gasteiger partial charge in [0.2, 0.25) is 5.89 Å². The predicted octanol–water partition coefficient (Wildman–Crippen LogP) is 0.642. The fraction of sp³-hybridized carbons (Fsp3) is 0.500. The van der Waals surface area contributed by atoms with E-state index in [9.17, 15) is 4.79 Å². The van der Waals surface area contributed by atoms with Gasteiger partial charge < -0.3 is 14.2 Å². The third kappa shape index (κ3) is 3.59. The van der Waals surface area contributed by atoms with Crippen LogP contribution < -0.4 is 10.5 Å². The molecule has 0 fully saturated rings. The average molecular weight is 314 g/mol. The molecule has 21 heavy (non-hydrogen) atoms. The van der Waals surface area contributed by atoms with Crippen LogP contribution in [0.15, 0.2) is 15.5 Å². The van der Waals surface area contributed by atoms with E-state index in [1.807, 2.05) is 0 Å². The van der Waals surface area contributed by atoms with Gasteiger partial charge in [-0.2, -0.15) is 10.1 Å². The van der Waals surface area contributed by atoms with Crippen molar-refractivity contribution in [3.63, 3.8) is 0 Å². The van der Waals surface area contributed by atoms with Crippen molar-refractivity contribution < 1.29 is 9.26 Å². The number of ether oxygens (including phenoxy) is 1. The Morgan fingerprint density at radius 3 is 3.00 bits per heavy atom. The van der Waals surface area contributed by atoms with Crippen LogP contribution in [-0.2, 0) is 24.8 Å². The van der Waals surface area contributed by atoms with Gasteiger partial charge in [-0.05, 0) is 0 Å². The first-order valence-corrected chi connectivity index (χ1v) is 6.64. The Balaban J connectivity index is 2.11. The molecule has 0 saturated heterocycles. The molecule has 0 aliphatic carbocycles. The number of rotatable bonds is 6. The van der Waals surface area contributed by atoms with Gasteiger partial charge in [0, 0.05) is 27.6 Å². The molecule has 0 radical (unpaired) electrons. The lowest BCUT2D eigenvalue weighted by Gasteiger charge is -2.17. The number of nitrogens with zero attached hydrogens (tertiary/aromatic N) is 5. The first kappa shape index (κ1) is 15.5. The Morgan fingerprint density at radius 2 is 2.29 bits per heavy atom. The van der Waals surface area contributed by atoms with Crippen LogP contribution in [0.3, 0.4) is 0 Å². The van der Waals surface area contributed by atoms with Crippen molar-refractivity contribution in [2.24, 2.45) is 7.05 Å². The lowest BCUT2D eigenvalue weighted by Crippen LogP contribution is -2.25. The Labute approximate surface area is 126 Å². The third-order valence-electron chi connectivity index (χ3n) is 2.88. The minimum atomic E-state index is -0.354. The standard InChI is InChI=1S/C12H16ClN5O3/c1-17(8-6-14-18(2)12(19)11(8)13)7-10-15-9(16-21-10)4-5-20-3/h6H,4-5,7H2,1-3H3. The molecule has 8 nitrogen and oxygen atoms in total. The molecule has 0 aliphatic rings. The van der Waals surface area contributed by atoms with Gasteiger partial charge in [0.05, 0.1) is 25.0 Å². The summed E-state index contributed by atoms with van der Waals surface area (Å²) in [6.07, 6.45) is 2.10. The number of hydrogen-bond donors (Lipinski definition) is 0. The SMILES string of the molecule is COCCc1noc(CN(C)c2cnn(C)c(=O)c2Cl)n1. The first-order chi connectivity index (χ1) is 10.0. The second-order valence-electron chi connectivity index (χ2n) is 4.48. The van der Waals surface area contributed by atoms with Gasteiger partial charge in [-0.25, -0.2) is 4.68 Å². The molecule has 0 aliphatic heterocycles. The topological polar surface area (TPSA) is 86.3 Å². The zero-order valence-corrected chi connectivity index (χ0v) is 12.8. The molecule has 0 unspecified atom stereocenters. The first-order valence-electron chi connectivity index (χ1n) is 6.26. The van der Waals surface area contributed by atoms with Crippen LogP contribution in [0.4, 0.5) is 5.69 Å². The van der Waals surface area contributed by atoms with Crippen molar-refractivity contribution in [2.45, 2.75) is 13.0 Å². The molecule has 0 spiro atoms. The lowest BCUT2D eigenvalue weighted by atomic mass is 10.4. The van der Waals surface area contributed by atoms with Crippen LogP contribution in [-0.4, -0.2) is 40.7 Å². The van der Waals surface area contributed by atoms with Crippen LogP contribution in [0.5, 0.6) is 0 Å². The smallest absolute Gasteiger partial charge is 0.287 e.